The van der Waals surface area contributed by atoms with Gasteiger partial charge in [-0.25, -0.2) is 0 Å². The number of esters is 1. The van der Waals surface area contributed by atoms with E-state index in [0.29, 0.717) is 23.3 Å². The summed E-state index contributed by atoms with van der Waals surface area (Å²) in [7, 11) is 1.35. The van der Waals surface area contributed by atoms with Gasteiger partial charge in [-0.2, -0.15) is 5.10 Å². The number of rotatable bonds is 6. The molecule has 0 aromatic heterocycles. The molecule has 2 atom stereocenters. The van der Waals surface area contributed by atoms with Crippen molar-refractivity contribution in [2.45, 2.75) is 38.3 Å². The van der Waals surface area contributed by atoms with Crippen molar-refractivity contribution in [1.82, 2.24) is 5.01 Å². The van der Waals surface area contributed by atoms with Gasteiger partial charge in [0.1, 0.15) is 5.75 Å². The van der Waals surface area contributed by atoms with Crippen LogP contribution in [0, 0.1) is 5.92 Å². The minimum absolute atomic E-state index is 0.0632. The molecule has 2 aromatic rings. The first-order valence-corrected chi connectivity index (χ1v) is 11.1. The van der Waals surface area contributed by atoms with E-state index >= 15 is 0 Å². The standard InChI is InChI=1S/C25H29N3O4/c1-31-23(29)15-21-14-20-13-19(9-10-22(20)32-25(21)26)24(30)18-7-5-17(6-8-18)16-27-28-11-3-2-4-12-28/h5-10,13,16,21,25H,2-4,11-12,14-15,26H2,1H3. The third-order valence-electron chi connectivity index (χ3n) is 6.06. The van der Waals surface area contributed by atoms with Crippen molar-refractivity contribution in [1.29, 1.82) is 0 Å². The van der Waals surface area contributed by atoms with Gasteiger partial charge in [0, 0.05) is 30.1 Å². The number of ether oxygens (including phenoxy) is 2. The molecule has 0 aliphatic carbocycles. The van der Waals surface area contributed by atoms with Gasteiger partial charge in [-0.05, 0) is 55.0 Å². The molecule has 2 heterocycles. The largest absolute Gasteiger partial charge is 0.475 e. The topological polar surface area (TPSA) is 94.2 Å². The van der Waals surface area contributed by atoms with Gasteiger partial charge in [0.2, 0.25) is 0 Å². The molecule has 0 radical (unpaired) electrons. The lowest BCUT2D eigenvalue weighted by Gasteiger charge is -2.30. The fourth-order valence-electron chi connectivity index (χ4n) is 4.15. The molecule has 2 aromatic carbocycles. The van der Waals surface area contributed by atoms with Crippen LogP contribution in [0.3, 0.4) is 0 Å². The second-order valence-corrected chi connectivity index (χ2v) is 8.36. The number of carbonyl (C=O) groups excluding carboxylic acids is 2. The lowest BCUT2D eigenvalue weighted by atomic mass is 9.90. The van der Waals surface area contributed by atoms with E-state index in [-0.39, 0.29) is 24.1 Å². The highest BCUT2D eigenvalue weighted by molar-refractivity contribution is 6.09. The molecule has 7 heteroatoms. The highest BCUT2D eigenvalue weighted by atomic mass is 16.5. The molecule has 1 saturated heterocycles. The molecule has 2 unspecified atom stereocenters. The minimum Gasteiger partial charge on any atom is -0.475 e. The normalized spacial score (nSPS) is 20.5. The van der Waals surface area contributed by atoms with Crippen LogP contribution >= 0.6 is 0 Å². The average Bonchev–Trinajstić information content (AvgIpc) is 2.83. The summed E-state index contributed by atoms with van der Waals surface area (Å²) < 4.78 is 10.5. The maximum absolute atomic E-state index is 13.0. The lowest BCUT2D eigenvalue weighted by Crippen LogP contribution is -2.41. The van der Waals surface area contributed by atoms with Crippen LogP contribution in [-0.4, -0.2) is 49.4 Å². The van der Waals surface area contributed by atoms with Crippen molar-refractivity contribution in [3.8, 4) is 5.75 Å². The van der Waals surface area contributed by atoms with Crippen molar-refractivity contribution >= 4 is 18.0 Å². The van der Waals surface area contributed by atoms with E-state index in [2.05, 4.69) is 10.1 Å². The Hall–Kier alpha value is -3.19. The molecule has 0 saturated carbocycles. The van der Waals surface area contributed by atoms with Crippen molar-refractivity contribution in [3.63, 3.8) is 0 Å². The van der Waals surface area contributed by atoms with E-state index in [4.69, 9.17) is 15.2 Å². The number of hydrogen-bond donors (Lipinski definition) is 1. The Bertz CT molecular complexity index is 997. The van der Waals surface area contributed by atoms with Crippen LogP contribution in [-0.2, 0) is 16.0 Å². The van der Waals surface area contributed by atoms with Crippen LogP contribution in [0.5, 0.6) is 5.75 Å². The van der Waals surface area contributed by atoms with E-state index in [9.17, 15) is 9.59 Å². The number of nitrogens with two attached hydrogens (primary N) is 1. The highest BCUT2D eigenvalue weighted by Gasteiger charge is 2.30. The Kier molecular flexibility index (Phi) is 6.85. The Morgan fingerprint density at radius 2 is 1.84 bits per heavy atom. The zero-order valence-corrected chi connectivity index (χ0v) is 18.3. The average molecular weight is 436 g/mol. The predicted octanol–water partition coefficient (Wildman–Crippen LogP) is 3.14. The van der Waals surface area contributed by atoms with Crippen molar-refractivity contribution < 1.29 is 19.1 Å². The SMILES string of the molecule is COC(=O)CC1Cc2cc(C(=O)c3ccc(C=NN4CCCCC4)cc3)ccc2OC1N. The quantitative estimate of drug-likeness (QED) is 0.426. The van der Waals surface area contributed by atoms with Crippen LogP contribution in [0.2, 0.25) is 0 Å². The van der Waals surface area contributed by atoms with Gasteiger partial charge in [-0.3, -0.25) is 20.3 Å². The van der Waals surface area contributed by atoms with Gasteiger partial charge >= 0.3 is 5.97 Å². The van der Waals surface area contributed by atoms with Crippen molar-refractivity contribution in [3.05, 3.63) is 64.7 Å². The van der Waals surface area contributed by atoms with E-state index in [1.165, 1.54) is 26.4 Å². The summed E-state index contributed by atoms with van der Waals surface area (Å²) in [5.41, 5.74) is 9.09. The smallest absolute Gasteiger partial charge is 0.305 e. The number of methoxy groups -OCH3 is 1. The molecular weight excluding hydrogens is 406 g/mol. The Balaban J connectivity index is 1.45. The summed E-state index contributed by atoms with van der Waals surface area (Å²) in [6, 6.07) is 12.8. The molecule has 4 rings (SSSR count). The molecule has 1 fully saturated rings. The Morgan fingerprint density at radius 1 is 1.12 bits per heavy atom. The molecule has 0 spiro atoms. The van der Waals surface area contributed by atoms with Gasteiger partial charge in [-0.15, -0.1) is 0 Å². The summed E-state index contributed by atoms with van der Waals surface area (Å²) in [6.45, 7) is 2.00. The number of carbonyl (C=O) groups is 2. The molecule has 7 nitrogen and oxygen atoms in total. The molecule has 0 bridgehead atoms. The van der Waals surface area contributed by atoms with Crippen LogP contribution in [0.1, 0.15) is 52.7 Å². The second kappa shape index (κ2) is 9.96. The van der Waals surface area contributed by atoms with E-state index in [1.807, 2.05) is 36.5 Å². The fourth-order valence-corrected chi connectivity index (χ4v) is 4.15. The monoisotopic (exact) mass is 435 g/mol. The molecule has 0 amide bonds. The molecule has 32 heavy (non-hydrogen) atoms. The van der Waals surface area contributed by atoms with Crippen LogP contribution < -0.4 is 10.5 Å². The van der Waals surface area contributed by atoms with Crippen molar-refractivity contribution in [2.24, 2.45) is 16.8 Å². The van der Waals surface area contributed by atoms with Gasteiger partial charge < -0.3 is 9.47 Å². The fraction of sp³-hybridized carbons (Fsp3) is 0.400. The van der Waals surface area contributed by atoms with Crippen molar-refractivity contribution in [2.75, 3.05) is 20.2 Å². The van der Waals surface area contributed by atoms with E-state index in [0.717, 1.165) is 24.2 Å². The molecule has 2 N–H and O–H groups in total. The summed E-state index contributed by atoms with van der Waals surface area (Å²) in [4.78, 5) is 24.7. The number of fused-ring (bicyclic) bond motifs is 1. The second-order valence-electron chi connectivity index (χ2n) is 8.36. The maximum atomic E-state index is 13.0. The number of hydrazone groups is 1. The number of piperidine rings is 1. The minimum atomic E-state index is -0.581. The highest BCUT2D eigenvalue weighted by Crippen LogP contribution is 2.32. The number of hydrogen-bond acceptors (Lipinski definition) is 7. The molecule has 2 aliphatic heterocycles. The summed E-state index contributed by atoms with van der Waals surface area (Å²) in [5, 5.41) is 6.63. The molecule has 168 valence electrons. The first kappa shape index (κ1) is 22.0. The number of benzene rings is 2. The number of ketones is 1. The first-order chi connectivity index (χ1) is 15.5. The number of nitrogens with zero attached hydrogens (tertiary/aromatic N) is 2. The first-order valence-electron chi connectivity index (χ1n) is 11.1. The van der Waals surface area contributed by atoms with E-state index in [1.54, 1.807) is 12.1 Å². The van der Waals surface area contributed by atoms with Gasteiger partial charge in [0.25, 0.3) is 0 Å². The van der Waals surface area contributed by atoms with Crippen LogP contribution in [0.25, 0.3) is 0 Å². The van der Waals surface area contributed by atoms with Gasteiger partial charge in [0.05, 0.1) is 19.7 Å². The van der Waals surface area contributed by atoms with E-state index < -0.39 is 6.23 Å². The van der Waals surface area contributed by atoms with Gasteiger partial charge in [0.15, 0.2) is 12.0 Å². The molecule has 2 aliphatic rings. The molecular formula is C25H29N3O4. The third kappa shape index (κ3) is 5.16. The zero-order chi connectivity index (χ0) is 22.5. The lowest BCUT2D eigenvalue weighted by molar-refractivity contribution is -0.142. The summed E-state index contributed by atoms with van der Waals surface area (Å²) in [6.07, 6.45) is 5.64. The predicted molar refractivity (Wildman–Crippen MR) is 122 cm³/mol. The summed E-state index contributed by atoms with van der Waals surface area (Å²) >= 11 is 0. The Labute approximate surface area is 188 Å². The van der Waals surface area contributed by atoms with Crippen LogP contribution in [0.15, 0.2) is 47.6 Å². The van der Waals surface area contributed by atoms with Gasteiger partial charge in [-0.1, -0.05) is 24.3 Å². The third-order valence-corrected chi connectivity index (χ3v) is 6.06. The van der Waals surface area contributed by atoms with Crippen LogP contribution in [0.4, 0.5) is 0 Å². The maximum Gasteiger partial charge on any atom is 0.305 e. The Morgan fingerprint density at radius 3 is 2.56 bits per heavy atom. The summed E-state index contributed by atoms with van der Waals surface area (Å²) in [5.74, 6) is 0.0681. The zero-order valence-electron chi connectivity index (χ0n) is 18.3.